The standard InChI is InChI=1S/C22H24N2O3/c1-14-11-19-20(24-22(23-19)27-13-21(25)26)12-18(14)17-9-7-16(8-10-17)15-5-3-2-4-6-15/h3,5-9,11-12,17,19-20H,2,4,10,13H2,1H3,(H,23,24)(H,25,26). The summed E-state index contributed by atoms with van der Waals surface area (Å²) in [4.78, 5) is 15.2. The van der Waals surface area contributed by atoms with E-state index in [1.165, 1.54) is 22.3 Å². The third-order valence-electron chi connectivity index (χ3n) is 5.32. The lowest BCUT2D eigenvalue weighted by Gasteiger charge is -2.27. The largest absolute Gasteiger partial charge is 0.479 e. The van der Waals surface area contributed by atoms with Gasteiger partial charge in [0.05, 0.1) is 12.1 Å². The van der Waals surface area contributed by atoms with Crippen molar-refractivity contribution in [3.63, 3.8) is 0 Å². The van der Waals surface area contributed by atoms with Crippen molar-refractivity contribution in [2.45, 2.75) is 38.3 Å². The van der Waals surface area contributed by atoms with Crippen LogP contribution in [0.5, 0.6) is 0 Å². The van der Waals surface area contributed by atoms with E-state index in [0.29, 0.717) is 11.9 Å². The van der Waals surface area contributed by atoms with Crippen molar-refractivity contribution in [3.05, 3.63) is 70.9 Å². The highest BCUT2D eigenvalue weighted by Crippen LogP contribution is 2.35. The Morgan fingerprint density at radius 1 is 1.26 bits per heavy atom. The molecule has 0 radical (unpaired) electrons. The number of carboxylic acids is 1. The van der Waals surface area contributed by atoms with Crippen molar-refractivity contribution < 1.29 is 14.6 Å². The monoisotopic (exact) mass is 364 g/mol. The van der Waals surface area contributed by atoms with Gasteiger partial charge in [0.1, 0.15) is 0 Å². The molecule has 3 atom stereocenters. The highest BCUT2D eigenvalue weighted by Gasteiger charge is 2.32. The van der Waals surface area contributed by atoms with Gasteiger partial charge in [-0.3, -0.25) is 0 Å². The van der Waals surface area contributed by atoms with E-state index in [1.54, 1.807) is 0 Å². The summed E-state index contributed by atoms with van der Waals surface area (Å²) in [6.45, 7) is 1.74. The Labute approximate surface area is 159 Å². The predicted molar refractivity (Wildman–Crippen MR) is 105 cm³/mol. The minimum atomic E-state index is -1.00. The van der Waals surface area contributed by atoms with Crippen molar-refractivity contribution in [1.82, 2.24) is 5.32 Å². The molecule has 5 nitrogen and oxygen atoms in total. The maximum absolute atomic E-state index is 10.7. The number of nitrogens with one attached hydrogen (secondary N) is 1. The molecule has 0 aromatic carbocycles. The molecule has 0 amide bonds. The number of ether oxygens (including phenoxy) is 1. The first kappa shape index (κ1) is 17.6. The van der Waals surface area contributed by atoms with Gasteiger partial charge in [-0.25, -0.2) is 9.79 Å². The Morgan fingerprint density at radius 3 is 2.81 bits per heavy atom. The first-order valence-electron chi connectivity index (χ1n) is 9.45. The fourth-order valence-corrected chi connectivity index (χ4v) is 3.96. The van der Waals surface area contributed by atoms with Crippen molar-refractivity contribution in [2.75, 3.05) is 6.61 Å². The van der Waals surface area contributed by atoms with Crippen LogP contribution in [0.15, 0.2) is 75.9 Å². The molecule has 0 spiro atoms. The normalized spacial score (nSPS) is 28.9. The molecule has 0 fully saturated rings. The minimum Gasteiger partial charge on any atom is -0.479 e. The lowest BCUT2D eigenvalue weighted by atomic mass is 9.80. The highest BCUT2D eigenvalue weighted by atomic mass is 16.5. The van der Waals surface area contributed by atoms with Crippen LogP contribution < -0.4 is 5.32 Å². The van der Waals surface area contributed by atoms with Crippen molar-refractivity contribution in [3.8, 4) is 0 Å². The van der Waals surface area contributed by atoms with Crippen LogP contribution in [0.2, 0.25) is 0 Å². The van der Waals surface area contributed by atoms with E-state index in [-0.39, 0.29) is 18.7 Å². The molecule has 4 rings (SSSR count). The number of allylic oxidation sites excluding steroid dienone is 10. The fraction of sp³-hybridized carbons (Fsp3) is 0.364. The molecule has 27 heavy (non-hydrogen) atoms. The summed E-state index contributed by atoms with van der Waals surface area (Å²) in [7, 11) is 0. The van der Waals surface area contributed by atoms with Crippen molar-refractivity contribution in [2.24, 2.45) is 10.9 Å². The third-order valence-corrected chi connectivity index (χ3v) is 5.32. The number of fused-ring (bicyclic) bond motifs is 1. The average molecular weight is 364 g/mol. The fourth-order valence-electron chi connectivity index (χ4n) is 3.96. The van der Waals surface area contributed by atoms with Gasteiger partial charge in [-0.2, -0.15) is 0 Å². The van der Waals surface area contributed by atoms with E-state index in [0.717, 1.165) is 19.3 Å². The zero-order chi connectivity index (χ0) is 18.8. The van der Waals surface area contributed by atoms with Crippen LogP contribution >= 0.6 is 0 Å². The summed E-state index contributed by atoms with van der Waals surface area (Å²) in [5.41, 5.74) is 5.16. The Balaban J connectivity index is 1.46. The summed E-state index contributed by atoms with van der Waals surface area (Å²) >= 11 is 0. The van der Waals surface area contributed by atoms with Gasteiger partial charge in [-0.15, -0.1) is 0 Å². The van der Waals surface area contributed by atoms with Crippen LogP contribution in [0.1, 0.15) is 26.2 Å². The van der Waals surface area contributed by atoms with Gasteiger partial charge in [0.25, 0.3) is 6.02 Å². The molecule has 2 N–H and O–H groups in total. The molecule has 4 aliphatic rings. The van der Waals surface area contributed by atoms with Gasteiger partial charge in [-0.1, -0.05) is 48.6 Å². The number of aliphatic imine (C=N–C) groups is 1. The average Bonchev–Trinajstić information content (AvgIpc) is 3.08. The number of hydrogen-bond donors (Lipinski definition) is 2. The maximum atomic E-state index is 10.7. The zero-order valence-corrected chi connectivity index (χ0v) is 15.4. The number of hydrogen-bond acceptors (Lipinski definition) is 4. The first-order chi connectivity index (χ1) is 13.1. The second-order valence-electron chi connectivity index (χ2n) is 7.25. The summed E-state index contributed by atoms with van der Waals surface area (Å²) in [5.74, 6) is -0.659. The maximum Gasteiger partial charge on any atom is 0.341 e. The minimum absolute atomic E-state index is 0.0359. The molecule has 1 aliphatic heterocycles. The van der Waals surface area contributed by atoms with Gasteiger partial charge >= 0.3 is 5.97 Å². The van der Waals surface area contributed by atoms with Crippen LogP contribution in [-0.4, -0.2) is 35.8 Å². The molecule has 0 saturated heterocycles. The van der Waals surface area contributed by atoms with E-state index >= 15 is 0 Å². The number of carboxylic acid groups (broad SMARTS) is 1. The number of amidine groups is 1. The van der Waals surface area contributed by atoms with Gasteiger partial charge in [0, 0.05) is 5.92 Å². The second-order valence-corrected chi connectivity index (χ2v) is 7.25. The predicted octanol–water partition coefficient (Wildman–Crippen LogP) is 3.45. The van der Waals surface area contributed by atoms with Gasteiger partial charge < -0.3 is 15.2 Å². The van der Waals surface area contributed by atoms with Crippen LogP contribution in [-0.2, 0) is 9.53 Å². The number of rotatable bonds is 4. The van der Waals surface area contributed by atoms with Gasteiger partial charge in [0.2, 0.25) is 0 Å². The Kier molecular flexibility index (Phi) is 4.84. The van der Waals surface area contributed by atoms with E-state index in [1.807, 2.05) is 0 Å². The summed E-state index contributed by atoms with van der Waals surface area (Å²) in [6.07, 6.45) is 21.2. The Morgan fingerprint density at radius 2 is 2.11 bits per heavy atom. The first-order valence-corrected chi connectivity index (χ1v) is 9.45. The van der Waals surface area contributed by atoms with Crippen LogP contribution in [0.3, 0.4) is 0 Å². The topological polar surface area (TPSA) is 70.9 Å². The number of nitrogens with zero attached hydrogens (tertiary/aromatic N) is 1. The summed E-state index contributed by atoms with van der Waals surface area (Å²) in [5, 5.41) is 11.9. The van der Waals surface area contributed by atoms with E-state index < -0.39 is 5.97 Å². The number of carbonyl (C=O) groups is 1. The third kappa shape index (κ3) is 3.82. The molecule has 0 saturated carbocycles. The van der Waals surface area contributed by atoms with Gasteiger partial charge in [-0.05, 0) is 48.5 Å². The van der Waals surface area contributed by atoms with E-state index in [9.17, 15) is 4.79 Å². The molecule has 3 aliphatic carbocycles. The molecule has 0 bridgehead atoms. The molecule has 3 unspecified atom stereocenters. The zero-order valence-electron chi connectivity index (χ0n) is 15.4. The molecule has 1 heterocycles. The van der Waals surface area contributed by atoms with Crippen LogP contribution in [0.4, 0.5) is 0 Å². The van der Waals surface area contributed by atoms with Crippen molar-refractivity contribution >= 4 is 12.0 Å². The summed E-state index contributed by atoms with van der Waals surface area (Å²) in [6, 6.07) is 0.301. The molecule has 140 valence electrons. The quantitative estimate of drug-likeness (QED) is 0.802. The Hall–Kier alpha value is -2.82. The van der Waals surface area contributed by atoms with Crippen molar-refractivity contribution in [1.29, 1.82) is 0 Å². The number of aliphatic carboxylic acids is 1. The van der Waals surface area contributed by atoms with Gasteiger partial charge in [0.15, 0.2) is 6.61 Å². The molecule has 0 aromatic rings. The van der Waals surface area contributed by atoms with Crippen LogP contribution in [0, 0.1) is 5.92 Å². The lowest BCUT2D eigenvalue weighted by Crippen LogP contribution is -2.36. The highest BCUT2D eigenvalue weighted by molar-refractivity contribution is 5.80. The van der Waals surface area contributed by atoms with E-state index in [2.05, 4.69) is 65.8 Å². The smallest absolute Gasteiger partial charge is 0.341 e. The molecule has 5 heteroatoms. The SMILES string of the molecule is CC1=CC2NC(OCC(=O)O)=NC2C=C1C1C=CC(C2=CCCC=C2)=CC1. The van der Waals surface area contributed by atoms with Crippen LogP contribution in [0.25, 0.3) is 0 Å². The Bertz CT molecular complexity index is 855. The molecular weight excluding hydrogens is 340 g/mol. The molecular formula is C22H24N2O3. The summed E-state index contributed by atoms with van der Waals surface area (Å²) < 4.78 is 5.20. The van der Waals surface area contributed by atoms with E-state index in [4.69, 9.17) is 9.84 Å². The lowest BCUT2D eigenvalue weighted by molar-refractivity contribution is -0.139. The molecule has 0 aromatic heterocycles. The second kappa shape index (κ2) is 7.43.